The van der Waals surface area contributed by atoms with E-state index in [2.05, 4.69) is 27.5 Å². The second-order valence-corrected chi connectivity index (χ2v) is 8.90. The van der Waals surface area contributed by atoms with Gasteiger partial charge in [-0.05, 0) is 37.1 Å². The molecule has 0 aliphatic heterocycles. The normalized spacial score (nSPS) is 11.5. The molecule has 10 heteroatoms. The molecule has 4 N–H and O–H groups in total. The predicted octanol–water partition coefficient (Wildman–Crippen LogP) is 1.94. The second-order valence-electron chi connectivity index (χ2n) is 6.22. The maximum Gasteiger partial charge on any atom is 0.239 e. The fourth-order valence-corrected chi connectivity index (χ4v) is 4.14. The van der Waals surface area contributed by atoms with E-state index < -0.39 is 10.0 Å². The van der Waals surface area contributed by atoms with Gasteiger partial charge in [0.15, 0.2) is 0 Å². The first-order valence-corrected chi connectivity index (χ1v) is 11.0. The van der Waals surface area contributed by atoms with Crippen LogP contribution < -0.4 is 15.8 Å². The number of nitrogens with two attached hydrogens (primary N) is 1. The predicted molar refractivity (Wildman–Crippen MR) is 110 cm³/mol. The Kier molecular flexibility index (Phi) is 5.92. The van der Waals surface area contributed by atoms with Crippen LogP contribution in [0.1, 0.15) is 23.2 Å². The number of sulfonamides is 1. The van der Waals surface area contributed by atoms with E-state index in [0.29, 0.717) is 11.6 Å². The Morgan fingerprint density at radius 3 is 2.57 bits per heavy atom. The summed E-state index contributed by atoms with van der Waals surface area (Å²) in [4.78, 5) is 23.2. The molecule has 0 spiro atoms. The zero-order valence-electron chi connectivity index (χ0n) is 15.5. The number of fused-ring (bicyclic) bond motifs is 1. The lowest BCUT2D eigenvalue weighted by Gasteiger charge is -2.09. The maximum absolute atomic E-state index is 12.2. The summed E-state index contributed by atoms with van der Waals surface area (Å²) in [6, 6.07) is 8.10. The topological polar surface area (TPSA) is 127 Å². The number of anilines is 1. The Bertz CT molecular complexity index is 1110. The SMILES string of the molecule is CCc1cc2c(NCC(=O)NCc3ccc(S(N)(=O)=O)cc3)nc(C)nc2s1. The van der Waals surface area contributed by atoms with Crippen LogP contribution in [0.3, 0.4) is 0 Å². The number of rotatable bonds is 7. The van der Waals surface area contributed by atoms with Crippen LogP contribution in [0, 0.1) is 6.92 Å². The summed E-state index contributed by atoms with van der Waals surface area (Å²) in [5.41, 5.74) is 0.770. The van der Waals surface area contributed by atoms with Gasteiger partial charge in [-0.2, -0.15) is 0 Å². The van der Waals surface area contributed by atoms with Gasteiger partial charge in [-0.3, -0.25) is 4.79 Å². The smallest absolute Gasteiger partial charge is 0.239 e. The van der Waals surface area contributed by atoms with Crippen LogP contribution in [0.2, 0.25) is 0 Å². The zero-order valence-corrected chi connectivity index (χ0v) is 17.2. The molecule has 0 aliphatic carbocycles. The minimum absolute atomic E-state index is 0.0367. The van der Waals surface area contributed by atoms with Crippen molar-refractivity contribution in [1.29, 1.82) is 0 Å². The van der Waals surface area contributed by atoms with E-state index in [4.69, 9.17) is 5.14 Å². The number of primary sulfonamides is 1. The van der Waals surface area contributed by atoms with Gasteiger partial charge in [-0.15, -0.1) is 11.3 Å². The molecule has 0 aliphatic rings. The Morgan fingerprint density at radius 2 is 1.93 bits per heavy atom. The zero-order chi connectivity index (χ0) is 20.3. The molecular weight excluding hydrogens is 398 g/mol. The van der Waals surface area contributed by atoms with Gasteiger partial charge in [-0.25, -0.2) is 23.5 Å². The van der Waals surface area contributed by atoms with Crippen LogP contribution in [0.4, 0.5) is 5.82 Å². The number of benzene rings is 1. The molecule has 0 saturated heterocycles. The highest BCUT2D eigenvalue weighted by atomic mass is 32.2. The molecule has 0 unspecified atom stereocenters. The summed E-state index contributed by atoms with van der Waals surface area (Å²) in [5, 5.41) is 11.8. The first-order chi connectivity index (χ1) is 13.3. The minimum Gasteiger partial charge on any atom is -0.360 e. The standard InChI is InChI=1S/C18H21N5O3S2/c1-3-13-8-15-17(22-11(2)23-18(15)27-13)21-10-16(24)20-9-12-4-6-14(7-5-12)28(19,25)26/h4-8H,3,9-10H2,1-2H3,(H,20,24)(H2,19,25,26)(H,21,22,23). The molecule has 8 nitrogen and oxygen atoms in total. The molecule has 148 valence electrons. The van der Waals surface area contributed by atoms with E-state index in [1.165, 1.54) is 17.0 Å². The van der Waals surface area contributed by atoms with Gasteiger partial charge in [-0.1, -0.05) is 19.1 Å². The van der Waals surface area contributed by atoms with E-state index >= 15 is 0 Å². The first kappa shape index (κ1) is 20.2. The molecule has 0 atom stereocenters. The van der Waals surface area contributed by atoms with Crippen molar-refractivity contribution in [3.05, 3.63) is 46.6 Å². The van der Waals surface area contributed by atoms with Crippen LogP contribution in [0.5, 0.6) is 0 Å². The van der Waals surface area contributed by atoms with Gasteiger partial charge in [0.25, 0.3) is 0 Å². The van der Waals surface area contributed by atoms with Gasteiger partial charge in [0, 0.05) is 11.4 Å². The lowest BCUT2D eigenvalue weighted by molar-refractivity contribution is -0.119. The van der Waals surface area contributed by atoms with Crippen molar-refractivity contribution in [1.82, 2.24) is 15.3 Å². The molecule has 28 heavy (non-hydrogen) atoms. The highest BCUT2D eigenvalue weighted by molar-refractivity contribution is 7.89. The van der Waals surface area contributed by atoms with Crippen molar-refractivity contribution in [3.8, 4) is 0 Å². The van der Waals surface area contributed by atoms with Crippen LogP contribution in [-0.2, 0) is 27.8 Å². The molecule has 2 heterocycles. The lowest BCUT2D eigenvalue weighted by Crippen LogP contribution is -2.29. The summed E-state index contributed by atoms with van der Waals surface area (Å²) in [6.07, 6.45) is 0.921. The number of thiophene rings is 1. The third kappa shape index (κ3) is 4.83. The minimum atomic E-state index is -3.72. The molecule has 3 aromatic rings. The van der Waals surface area contributed by atoms with Crippen molar-refractivity contribution < 1.29 is 13.2 Å². The summed E-state index contributed by atoms with van der Waals surface area (Å²) < 4.78 is 22.5. The number of nitrogens with one attached hydrogen (secondary N) is 2. The van der Waals surface area contributed by atoms with Crippen molar-refractivity contribution in [2.45, 2.75) is 31.7 Å². The van der Waals surface area contributed by atoms with Crippen LogP contribution in [0.15, 0.2) is 35.2 Å². The van der Waals surface area contributed by atoms with Gasteiger partial charge in [0.05, 0.1) is 16.8 Å². The summed E-state index contributed by atoms with van der Waals surface area (Å²) in [5.74, 6) is 1.09. The van der Waals surface area contributed by atoms with Crippen LogP contribution >= 0.6 is 11.3 Å². The fourth-order valence-electron chi connectivity index (χ4n) is 2.61. The second kappa shape index (κ2) is 8.21. The third-order valence-electron chi connectivity index (χ3n) is 4.06. The Hall–Kier alpha value is -2.56. The van der Waals surface area contributed by atoms with E-state index in [1.54, 1.807) is 23.5 Å². The molecule has 3 rings (SSSR count). The summed E-state index contributed by atoms with van der Waals surface area (Å²) in [7, 11) is -3.72. The molecular formula is C18H21N5O3S2. The Morgan fingerprint density at radius 1 is 1.21 bits per heavy atom. The van der Waals surface area contributed by atoms with Crippen molar-refractivity contribution >= 4 is 43.3 Å². The largest absolute Gasteiger partial charge is 0.360 e. The number of amides is 1. The Balaban J connectivity index is 1.60. The average molecular weight is 420 g/mol. The highest BCUT2D eigenvalue weighted by Gasteiger charge is 2.11. The molecule has 2 aromatic heterocycles. The molecule has 1 amide bonds. The molecule has 0 radical (unpaired) electrons. The average Bonchev–Trinajstić information content (AvgIpc) is 3.07. The Labute approximate surface area is 167 Å². The van der Waals surface area contributed by atoms with Crippen LogP contribution in [-0.4, -0.2) is 30.8 Å². The molecule has 0 fully saturated rings. The quantitative estimate of drug-likeness (QED) is 0.537. The van der Waals surface area contributed by atoms with Gasteiger partial charge < -0.3 is 10.6 Å². The number of nitrogens with zero attached hydrogens (tertiary/aromatic N) is 2. The summed E-state index contributed by atoms with van der Waals surface area (Å²) in [6.45, 7) is 4.25. The summed E-state index contributed by atoms with van der Waals surface area (Å²) >= 11 is 1.63. The molecule has 0 saturated carbocycles. The van der Waals surface area contributed by atoms with Gasteiger partial charge >= 0.3 is 0 Å². The van der Waals surface area contributed by atoms with Crippen molar-refractivity contribution in [3.63, 3.8) is 0 Å². The number of carbonyl (C=O) groups excluding carboxylic acids is 1. The van der Waals surface area contributed by atoms with Crippen molar-refractivity contribution in [2.75, 3.05) is 11.9 Å². The number of carbonyl (C=O) groups is 1. The number of hydrogen-bond acceptors (Lipinski definition) is 7. The lowest BCUT2D eigenvalue weighted by atomic mass is 10.2. The van der Waals surface area contributed by atoms with Gasteiger partial charge in [0.1, 0.15) is 16.5 Å². The first-order valence-electron chi connectivity index (χ1n) is 8.65. The fraction of sp³-hybridized carbons (Fsp3) is 0.278. The van der Waals surface area contributed by atoms with Crippen molar-refractivity contribution in [2.24, 2.45) is 5.14 Å². The number of aromatic nitrogens is 2. The monoisotopic (exact) mass is 419 g/mol. The molecule has 1 aromatic carbocycles. The third-order valence-corrected chi connectivity index (χ3v) is 6.16. The van der Waals surface area contributed by atoms with Gasteiger partial charge in [0.2, 0.25) is 15.9 Å². The van der Waals surface area contributed by atoms with Crippen LogP contribution in [0.25, 0.3) is 10.2 Å². The number of hydrogen-bond donors (Lipinski definition) is 3. The van der Waals surface area contributed by atoms with E-state index in [-0.39, 0.29) is 23.9 Å². The van der Waals surface area contributed by atoms with E-state index in [0.717, 1.165) is 22.2 Å². The maximum atomic E-state index is 12.2. The highest BCUT2D eigenvalue weighted by Crippen LogP contribution is 2.29. The van der Waals surface area contributed by atoms with E-state index in [9.17, 15) is 13.2 Å². The van der Waals surface area contributed by atoms with E-state index in [1.807, 2.05) is 13.0 Å². The number of aryl methyl sites for hydroxylation is 2. The molecule has 0 bridgehead atoms.